The first-order chi connectivity index (χ1) is 9.19. The number of hydrogen-bond acceptors (Lipinski definition) is 4. The summed E-state index contributed by atoms with van der Waals surface area (Å²) < 4.78 is 5.11. The second-order valence-corrected chi connectivity index (χ2v) is 4.25. The minimum atomic E-state index is -0.556. The topological polar surface area (TPSA) is 71.8 Å². The lowest BCUT2D eigenvalue weighted by Gasteiger charge is -2.02. The van der Waals surface area contributed by atoms with Crippen LogP contribution < -0.4 is 5.76 Å². The SMILES string of the molecule is C=Cc1cnc(-c2ccc(Cl)c3[nH]c(=O)oc23)cn1. The average Bonchev–Trinajstić information content (AvgIpc) is 2.82. The molecule has 6 heteroatoms. The van der Waals surface area contributed by atoms with Crippen molar-refractivity contribution >= 4 is 28.8 Å². The highest BCUT2D eigenvalue weighted by Gasteiger charge is 2.13. The van der Waals surface area contributed by atoms with Crippen molar-refractivity contribution in [1.29, 1.82) is 0 Å². The molecule has 0 spiro atoms. The van der Waals surface area contributed by atoms with E-state index in [-0.39, 0.29) is 0 Å². The molecule has 1 aromatic carbocycles. The second kappa shape index (κ2) is 4.37. The van der Waals surface area contributed by atoms with Gasteiger partial charge < -0.3 is 4.42 Å². The molecule has 0 radical (unpaired) electrons. The van der Waals surface area contributed by atoms with Gasteiger partial charge in [0, 0.05) is 5.56 Å². The number of hydrogen-bond donors (Lipinski definition) is 1. The van der Waals surface area contributed by atoms with Crippen molar-refractivity contribution in [3.05, 3.63) is 52.4 Å². The number of H-pyrrole nitrogens is 1. The quantitative estimate of drug-likeness (QED) is 0.779. The molecule has 0 amide bonds. The number of aromatic amines is 1. The zero-order chi connectivity index (χ0) is 13.4. The summed E-state index contributed by atoms with van der Waals surface area (Å²) in [6, 6.07) is 3.41. The summed E-state index contributed by atoms with van der Waals surface area (Å²) >= 11 is 6.00. The number of nitrogens with one attached hydrogen (secondary N) is 1. The standard InChI is InChI=1S/C13H8ClN3O2/c1-2-7-5-16-10(6-15-7)8-3-4-9(14)11-12(8)19-13(18)17-11/h2-6H,1H2,(H,17,18). The first kappa shape index (κ1) is 11.7. The third-order valence-electron chi connectivity index (χ3n) is 2.69. The Kier molecular flexibility index (Phi) is 2.68. The van der Waals surface area contributed by atoms with Crippen LogP contribution in [0, 0.1) is 0 Å². The molecule has 1 N–H and O–H groups in total. The molecule has 0 atom stereocenters. The van der Waals surface area contributed by atoms with E-state index in [0.717, 1.165) is 0 Å². The summed E-state index contributed by atoms with van der Waals surface area (Å²) in [6.45, 7) is 3.61. The largest absolute Gasteiger partial charge is 0.417 e. The summed E-state index contributed by atoms with van der Waals surface area (Å²) in [5, 5.41) is 0.417. The third-order valence-corrected chi connectivity index (χ3v) is 3.00. The number of rotatable bonds is 2. The summed E-state index contributed by atoms with van der Waals surface area (Å²) in [7, 11) is 0. The Labute approximate surface area is 112 Å². The van der Waals surface area contributed by atoms with Gasteiger partial charge in [0.25, 0.3) is 0 Å². The Bertz CT molecular complexity index is 818. The minimum absolute atomic E-state index is 0.373. The lowest BCUT2D eigenvalue weighted by atomic mass is 10.1. The fraction of sp³-hybridized carbons (Fsp3) is 0. The summed E-state index contributed by atoms with van der Waals surface area (Å²) in [5.41, 5.74) is 2.75. The zero-order valence-corrected chi connectivity index (χ0v) is 10.4. The predicted molar refractivity (Wildman–Crippen MR) is 73.0 cm³/mol. The van der Waals surface area contributed by atoms with E-state index in [1.807, 2.05) is 0 Å². The van der Waals surface area contributed by atoms with Crippen LogP contribution in [0.1, 0.15) is 5.69 Å². The number of fused-ring (bicyclic) bond motifs is 1. The van der Waals surface area contributed by atoms with Crippen molar-refractivity contribution in [3.8, 4) is 11.3 Å². The van der Waals surface area contributed by atoms with Crippen LogP contribution in [0.15, 0.2) is 40.3 Å². The number of halogens is 1. The van der Waals surface area contributed by atoms with Gasteiger partial charge in [-0.3, -0.25) is 15.0 Å². The molecule has 0 bridgehead atoms. The fourth-order valence-electron chi connectivity index (χ4n) is 1.79. The smallest absolute Gasteiger partial charge is 0.407 e. The molecular weight excluding hydrogens is 266 g/mol. The molecule has 0 saturated heterocycles. The molecule has 2 heterocycles. The van der Waals surface area contributed by atoms with Gasteiger partial charge in [0.15, 0.2) is 5.58 Å². The van der Waals surface area contributed by atoms with Crippen molar-refractivity contribution < 1.29 is 4.42 Å². The summed E-state index contributed by atoms with van der Waals surface area (Å²) in [4.78, 5) is 22.3. The van der Waals surface area contributed by atoms with Crippen LogP contribution in [0.25, 0.3) is 28.4 Å². The molecule has 2 aromatic heterocycles. The van der Waals surface area contributed by atoms with Crippen LogP contribution in [-0.4, -0.2) is 15.0 Å². The van der Waals surface area contributed by atoms with E-state index in [2.05, 4.69) is 21.5 Å². The first-order valence-electron chi connectivity index (χ1n) is 5.45. The maximum atomic E-state index is 11.3. The maximum Gasteiger partial charge on any atom is 0.417 e. The van der Waals surface area contributed by atoms with Crippen molar-refractivity contribution in [3.63, 3.8) is 0 Å². The van der Waals surface area contributed by atoms with Gasteiger partial charge in [-0.15, -0.1) is 0 Å². The fourth-order valence-corrected chi connectivity index (χ4v) is 1.98. The van der Waals surface area contributed by atoms with E-state index < -0.39 is 5.76 Å². The number of oxazole rings is 1. The molecule has 0 fully saturated rings. The lowest BCUT2D eigenvalue weighted by molar-refractivity contribution is 0.556. The Morgan fingerprint density at radius 3 is 2.84 bits per heavy atom. The molecule has 94 valence electrons. The Hall–Kier alpha value is -2.40. The van der Waals surface area contributed by atoms with E-state index in [1.54, 1.807) is 30.6 Å². The molecule has 0 aliphatic rings. The monoisotopic (exact) mass is 273 g/mol. The van der Waals surface area contributed by atoms with Crippen molar-refractivity contribution in [1.82, 2.24) is 15.0 Å². The van der Waals surface area contributed by atoms with Gasteiger partial charge in [-0.1, -0.05) is 18.2 Å². The van der Waals surface area contributed by atoms with E-state index in [0.29, 0.717) is 33.1 Å². The average molecular weight is 274 g/mol. The normalized spacial score (nSPS) is 10.8. The molecule has 19 heavy (non-hydrogen) atoms. The lowest BCUT2D eigenvalue weighted by Crippen LogP contribution is -1.93. The van der Waals surface area contributed by atoms with Crippen LogP contribution in [0.2, 0.25) is 5.02 Å². The van der Waals surface area contributed by atoms with Gasteiger partial charge in [-0.25, -0.2) is 4.79 Å². The summed E-state index contributed by atoms with van der Waals surface area (Å²) in [5.74, 6) is -0.556. The van der Waals surface area contributed by atoms with Crippen LogP contribution in [0.3, 0.4) is 0 Å². The van der Waals surface area contributed by atoms with E-state index in [4.69, 9.17) is 16.0 Å². The molecular formula is C13H8ClN3O2. The highest BCUT2D eigenvalue weighted by atomic mass is 35.5. The maximum absolute atomic E-state index is 11.3. The first-order valence-corrected chi connectivity index (χ1v) is 5.83. The molecule has 0 aliphatic carbocycles. The van der Waals surface area contributed by atoms with E-state index in [9.17, 15) is 4.79 Å². The number of benzene rings is 1. The number of nitrogens with zero attached hydrogens (tertiary/aromatic N) is 2. The minimum Gasteiger partial charge on any atom is -0.407 e. The number of aromatic nitrogens is 3. The molecule has 0 unspecified atom stereocenters. The van der Waals surface area contributed by atoms with Crippen molar-refractivity contribution in [2.24, 2.45) is 0 Å². The second-order valence-electron chi connectivity index (χ2n) is 3.84. The van der Waals surface area contributed by atoms with Crippen molar-refractivity contribution in [2.75, 3.05) is 0 Å². The van der Waals surface area contributed by atoms with Gasteiger partial charge in [-0.2, -0.15) is 0 Å². The van der Waals surface area contributed by atoms with Gasteiger partial charge in [0.05, 0.1) is 28.8 Å². The Morgan fingerprint density at radius 1 is 1.32 bits per heavy atom. The summed E-state index contributed by atoms with van der Waals surface area (Å²) in [6.07, 6.45) is 4.78. The predicted octanol–water partition coefficient (Wildman–Crippen LogP) is 2.87. The molecule has 0 saturated carbocycles. The van der Waals surface area contributed by atoms with Crippen LogP contribution in [0.5, 0.6) is 0 Å². The Morgan fingerprint density at radius 2 is 2.16 bits per heavy atom. The molecule has 0 aliphatic heterocycles. The van der Waals surface area contributed by atoms with Gasteiger partial charge >= 0.3 is 5.76 Å². The highest BCUT2D eigenvalue weighted by Crippen LogP contribution is 2.29. The van der Waals surface area contributed by atoms with Gasteiger partial charge in [0.2, 0.25) is 0 Å². The molecule has 3 aromatic rings. The Balaban J connectivity index is 2.26. The molecule has 3 rings (SSSR count). The van der Waals surface area contributed by atoms with Crippen LogP contribution in [0.4, 0.5) is 0 Å². The van der Waals surface area contributed by atoms with E-state index >= 15 is 0 Å². The van der Waals surface area contributed by atoms with E-state index in [1.165, 1.54) is 0 Å². The molecule has 5 nitrogen and oxygen atoms in total. The van der Waals surface area contributed by atoms with Gasteiger partial charge in [0.1, 0.15) is 5.52 Å². The highest BCUT2D eigenvalue weighted by molar-refractivity contribution is 6.35. The van der Waals surface area contributed by atoms with Gasteiger partial charge in [-0.05, 0) is 18.2 Å². The zero-order valence-electron chi connectivity index (χ0n) is 9.68. The van der Waals surface area contributed by atoms with Crippen LogP contribution >= 0.6 is 11.6 Å². The van der Waals surface area contributed by atoms with Crippen LogP contribution in [-0.2, 0) is 0 Å². The third kappa shape index (κ3) is 1.94. The van der Waals surface area contributed by atoms with Crippen molar-refractivity contribution in [2.45, 2.75) is 0 Å².